The van der Waals surface area contributed by atoms with Crippen LogP contribution < -0.4 is 20.4 Å². The SMILES string of the molecule is O=C(CO)Nc1ccc(N2C[C@H](CNC(=O)c3ccc(N4CC4)s3)OC2=O)cc1. The fourth-order valence-corrected chi connectivity index (χ4v) is 3.92. The highest BCUT2D eigenvalue weighted by Gasteiger charge is 2.32. The lowest BCUT2D eigenvalue weighted by molar-refractivity contribution is -0.118. The van der Waals surface area contributed by atoms with Gasteiger partial charge in [-0.15, -0.1) is 11.3 Å². The van der Waals surface area contributed by atoms with Crippen LogP contribution in [0.4, 0.5) is 21.2 Å². The Balaban J connectivity index is 1.30. The van der Waals surface area contributed by atoms with Crippen LogP contribution in [0.15, 0.2) is 36.4 Å². The summed E-state index contributed by atoms with van der Waals surface area (Å²) in [6.07, 6.45) is -0.942. The highest BCUT2D eigenvalue weighted by molar-refractivity contribution is 7.18. The van der Waals surface area contributed by atoms with Crippen molar-refractivity contribution in [1.29, 1.82) is 0 Å². The third-order valence-electron chi connectivity index (χ3n) is 4.55. The maximum Gasteiger partial charge on any atom is 0.414 e. The second kappa shape index (κ2) is 8.10. The van der Waals surface area contributed by atoms with E-state index < -0.39 is 24.7 Å². The van der Waals surface area contributed by atoms with E-state index in [-0.39, 0.29) is 12.5 Å². The zero-order chi connectivity index (χ0) is 20.4. The number of benzene rings is 1. The van der Waals surface area contributed by atoms with Crippen molar-refractivity contribution in [2.45, 2.75) is 6.10 Å². The summed E-state index contributed by atoms with van der Waals surface area (Å²) in [5, 5.41) is 15.2. The minimum Gasteiger partial charge on any atom is -0.442 e. The molecule has 0 spiro atoms. The van der Waals surface area contributed by atoms with Crippen molar-refractivity contribution in [3.8, 4) is 0 Å². The molecule has 10 heteroatoms. The zero-order valence-corrected chi connectivity index (χ0v) is 16.3. The number of carbonyl (C=O) groups is 3. The van der Waals surface area contributed by atoms with Gasteiger partial charge in [-0.2, -0.15) is 0 Å². The van der Waals surface area contributed by atoms with E-state index >= 15 is 0 Å². The van der Waals surface area contributed by atoms with Gasteiger partial charge in [-0.05, 0) is 36.4 Å². The van der Waals surface area contributed by atoms with Crippen LogP contribution >= 0.6 is 11.3 Å². The molecule has 4 rings (SSSR count). The smallest absolute Gasteiger partial charge is 0.414 e. The predicted octanol–water partition coefficient (Wildman–Crippen LogP) is 1.25. The van der Waals surface area contributed by atoms with Gasteiger partial charge in [-0.1, -0.05) is 0 Å². The van der Waals surface area contributed by atoms with Gasteiger partial charge in [0.15, 0.2) is 0 Å². The minimum absolute atomic E-state index is 0.179. The molecule has 2 saturated heterocycles. The Labute approximate surface area is 170 Å². The fourth-order valence-electron chi connectivity index (χ4n) is 2.95. The molecule has 1 aromatic carbocycles. The monoisotopic (exact) mass is 416 g/mol. The van der Waals surface area contributed by atoms with Gasteiger partial charge in [0, 0.05) is 24.5 Å². The third kappa shape index (κ3) is 4.49. The van der Waals surface area contributed by atoms with Gasteiger partial charge in [-0.3, -0.25) is 14.5 Å². The zero-order valence-electron chi connectivity index (χ0n) is 15.5. The summed E-state index contributed by atoms with van der Waals surface area (Å²) in [6.45, 7) is 2.00. The number of thiophene rings is 1. The lowest BCUT2D eigenvalue weighted by atomic mass is 10.2. The summed E-state index contributed by atoms with van der Waals surface area (Å²) in [5.74, 6) is -0.692. The first-order valence-corrected chi connectivity index (χ1v) is 9.97. The highest BCUT2D eigenvalue weighted by Crippen LogP contribution is 2.30. The Morgan fingerprint density at radius 3 is 2.62 bits per heavy atom. The Bertz CT molecular complexity index is 925. The van der Waals surface area contributed by atoms with Gasteiger partial charge in [0.1, 0.15) is 12.7 Å². The number of aliphatic hydroxyl groups is 1. The second-order valence-corrected chi connectivity index (χ2v) is 7.77. The van der Waals surface area contributed by atoms with Crippen LogP contribution in [-0.2, 0) is 9.53 Å². The van der Waals surface area contributed by atoms with Gasteiger partial charge in [0.05, 0.1) is 23.0 Å². The van der Waals surface area contributed by atoms with Crippen LogP contribution in [0.1, 0.15) is 9.67 Å². The summed E-state index contributed by atoms with van der Waals surface area (Å²) < 4.78 is 5.34. The van der Waals surface area contributed by atoms with Gasteiger partial charge in [-0.25, -0.2) is 4.79 Å². The summed E-state index contributed by atoms with van der Waals surface area (Å²) in [5.41, 5.74) is 1.13. The average Bonchev–Trinajstić information content (AvgIpc) is 3.33. The molecular weight excluding hydrogens is 396 g/mol. The maximum absolute atomic E-state index is 12.3. The standard InChI is InChI=1S/C19H20N4O5S/c24-11-16(25)21-12-1-3-13(4-2-12)23-10-14(28-19(23)27)9-20-18(26)15-5-6-17(29-15)22-7-8-22/h1-6,14,24H,7-11H2,(H,20,26)(H,21,25)/t14-/m0/s1. The van der Waals surface area contributed by atoms with E-state index in [2.05, 4.69) is 15.5 Å². The molecule has 0 bridgehead atoms. The van der Waals surface area contributed by atoms with Crippen molar-refractivity contribution in [3.63, 3.8) is 0 Å². The van der Waals surface area contributed by atoms with Crippen molar-refractivity contribution < 1.29 is 24.2 Å². The largest absolute Gasteiger partial charge is 0.442 e. The molecule has 0 aliphatic carbocycles. The molecule has 152 valence electrons. The van der Waals surface area contributed by atoms with Gasteiger partial charge in [0.2, 0.25) is 5.91 Å². The predicted molar refractivity (Wildman–Crippen MR) is 109 cm³/mol. The Morgan fingerprint density at radius 1 is 1.17 bits per heavy atom. The molecule has 0 unspecified atom stereocenters. The first-order valence-electron chi connectivity index (χ1n) is 9.15. The summed E-state index contributed by atoms with van der Waals surface area (Å²) in [6, 6.07) is 10.4. The summed E-state index contributed by atoms with van der Waals surface area (Å²) >= 11 is 1.45. The van der Waals surface area contributed by atoms with Gasteiger partial charge >= 0.3 is 6.09 Å². The van der Waals surface area contributed by atoms with Crippen molar-refractivity contribution in [2.24, 2.45) is 0 Å². The number of hydrogen-bond acceptors (Lipinski definition) is 7. The van der Waals surface area contributed by atoms with Crippen molar-refractivity contribution in [1.82, 2.24) is 5.32 Å². The molecule has 0 saturated carbocycles. The first kappa shape index (κ1) is 19.2. The van der Waals surface area contributed by atoms with Crippen molar-refractivity contribution in [3.05, 3.63) is 41.3 Å². The van der Waals surface area contributed by atoms with E-state index in [9.17, 15) is 14.4 Å². The number of ether oxygens (including phenoxy) is 1. The van der Waals surface area contributed by atoms with E-state index in [0.717, 1.165) is 18.1 Å². The van der Waals surface area contributed by atoms with Crippen molar-refractivity contribution >= 4 is 45.6 Å². The molecule has 2 fully saturated rings. The number of nitrogens with zero attached hydrogens (tertiary/aromatic N) is 2. The van der Waals surface area contributed by atoms with E-state index in [1.165, 1.54) is 16.2 Å². The average molecular weight is 416 g/mol. The normalized spacial score (nSPS) is 17.8. The Morgan fingerprint density at radius 2 is 1.93 bits per heavy atom. The molecule has 1 aromatic heterocycles. The minimum atomic E-state index is -0.599. The van der Waals surface area contributed by atoms with Crippen LogP contribution in [0.25, 0.3) is 0 Å². The van der Waals surface area contributed by atoms with Crippen molar-refractivity contribution in [2.75, 3.05) is 47.9 Å². The van der Waals surface area contributed by atoms with E-state index in [1.54, 1.807) is 30.3 Å². The third-order valence-corrected chi connectivity index (χ3v) is 5.69. The van der Waals surface area contributed by atoms with Gasteiger partial charge < -0.3 is 25.4 Å². The molecule has 1 atom stereocenters. The number of rotatable bonds is 7. The Kier molecular flexibility index (Phi) is 5.36. The number of aliphatic hydroxyl groups excluding tert-OH is 1. The number of anilines is 3. The quantitative estimate of drug-likeness (QED) is 0.586. The van der Waals surface area contributed by atoms with Crippen LogP contribution in [0.3, 0.4) is 0 Å². The molecule has 29 heavy (non-hydrogen) atoms. The topological polar surface area (TPSA) is 111 Å². The van der Waals surface area contributed by atoms with Crippen LogP contribution in [-0.4, -0.2) is 61.9 Å². The van der Waals surface area contributed by atoms with Crippen LogP contribution in [0.5, 0.6) is 0 Å². The molecule has 0 radical (unpaired) electrons. The first-order chi connectivity index (χ1) is 14.0. The van der Waals surface area contributed by atoms with Crippen LogP contribution in [0.2, 0.25) is 0 Å². The molecule has 3 N–H and O–H groups in total. The van der Waals surface area contributed by atoms with Gasteiger partial charge in [0.25, 0.3) is 5.91 Å². The van der Waals surface area contributed by atoms with E-state index in [0.29, 0.717) is 22.8 Å². The van der Waals surface area contributed by atoms with E-state index in [4.69, 9.17) is 9.84 Å². The summed E-state index contributed by atoms with van der Waals surface area (Å²) in [4.78, 5) is 40.0. The molecule has 2 aliphatic rings. The molecule has 9 nitrogen and oxygen atoms in total. The Hall–Kier alpha value is -3.11. The fraction of sp³-hybridized carbons (Fsp3) is 0.316. The molecule has 2 aromatic rings. The van der Waals surface area contributed by atoms with Crippen LogP contribution in [0, 0.1) is 0 Å². The lowest BCUT2D eigenvalue weighted by Gasteiger charge is -2.14. The number of nitrogens with one attached hydrogen (secondary N) is 2. The number of carbonyl (C=O) groups excluding carboxylic acids is 3. The number of hydrogen-bond donors (Lipinski definition) is 3. The molecule has 2 aliphatic heterocycles. The molecule has 3 amide bonds. The highest BCUT2D eigenvalue weighted by atomic mass is 32.1. The summed E-state index contributed by atoms with van der Waals surface area (Å²) in [7, 11) is 0. The lowest BCUT2D eigenvalue weighted by Crippen LogP contribution is -2.34. The molecule has 3 heterocycles. The second-order valence-electron chi connectivity index (χ2n) is 6.70. The maximum atomic E-state index is 12.3. The van der Waals surface area contributed by atoms with E-state index in [1.807, 2.05) is 6.07 Å². The molecular formula is C19H20N4O5S. The number of amides is 3. The number of cyclic esters (lactones) is 1.